The Bertz CT molecular complexity index is 405. The van der Waals surface area contributed by atoms with E-state index in [2.05, 4.69) is 30.1 Å². The van der Waals surface area contributed by atoms with E-state index in [9.17, 15) is 10.1 Å². The number of carbonyl (C=O) groups excluding carboxylic acids is 1. The third kappa shape index (κ3) is 4.42. The molecule has 21 heavy (non-hydrogen) atoms. The molecule has 1 heterocycles. The first-order valence-corrected chi connectivity index (χ1v) is 8.15. The highest BCUT2D eigenvalue weighted by atomic mass is 16.1. The van der Waals surface area contributed by atoms with Gasteiger partial charge in [0.1, 0.15) is 5.54 Å². The van der Waals surface area contributed by atoms with Gasteiger partial charge in [-0.05, 0) is 64.5 Å². The van der Waals surface area contributed by atoms with Gasteiger partial charge < -0.3 is 10.6 Å². The molecule has 2 rings (SSSR count). The highest BCUT2D eigenvalue weighted by Gasteiger charge is 2.47. The number of hydrogen-bond donors (Lipinski definition) is 2. The van der Waals surface area contributed by atoms with Crippen molar-refractivity contribution in [2.24, 2.45) is 17.6 Å². The first-order valence-electron chi connectivity index (χ1n) is 8.15. The zero-order chi connectivity index (χ0) is 15.5. The first kappa shape index (κ1) is 16.3. The summed E-state index contributed by atoms with van der Waals surface area (Å²) >= 11 is 0. The summed E-state index contributed by atoms with van der Waals surface area (Å²) in [6.45, 7) is 6.94. The van der Waals surface area contributed by atoms with E-state index in [1.165, 1.54) is 0 Å². The number of nitrogens with zero attached hydrogens (tertiary/aromatic N) is 2. The summed E-state index contributed by atoms with van der Waals surface area (Å²) in [5.74, 6) is 0.724. The van der Waals surface area contributed by atoms with E-state index in [1.807, 2.05) is 0 Å². The number of nitriles is 1. The second kappa shape index (κ2) is 6.76. The molecule has 1 amide bonds. The van der Waals surface area contributed by atoms with Crippen LogP contribution in [0.4, 0.5) is 0 Å². The molecule has 2 aliphatic rings. The molecule has 3 N–H and O–H groups in total. The summed E-state index contributed by atoms with van der Waals surface area (Å²) in [6.07, 6.45) is 4.84. The van der Waals surface area contributed by atoms with Gasteiger partial charge in [0, 0.05) is 19.0 Å². The highest BCUT2D eigenvalue weighted by Crippen LogP contribution is 2.40. The molecule has 0 aromatic heterocycles. The van der Waals surface area contributed by atoms with Gasteiger partial charge >= 0.3 is 0 Å². The molecule has 118 valence electrons. The lowest BCUT2D eigenvalue weighted by Crippen LogP contribution is -2.57. The second-order valence-corrected chi connectivity index (χ2v) is 7.05. The zero-order valence-electron chi connectivity index (χ0n) is 13.3. The van der Waals surface area contributed by atoms with Crippen LogP contribution >= 0.6 is 0 Å². The van der Waals surface area contributed by atoms with Gasteiger partial charge in [-0.3, -0.25) is 10.1 Å². The molecule has 0 aromatic rings. The Morgan fingerprint density at radius 3 is 2.43 bits per heavy atom. The van der Waals surface area contributed by atoms with E-state index in [0.717, 1.165) is 45.3 Å². The van der Waals surface area contributed by atoms with Crippen LogP contribution in [0.3, 0.4) is 0 Å². The van der Waals surface area contributed by atoms with Crippen molar-refractivity contribution in [3.05, 3.63) is 0 Å². The Morgan fingerprint density at radius 2 is 2.00 bits per heavy atom. The number of likely N-dealkylation sites (tertiary alicyclic amines) is 1. The molecule has 2 fully saturated rings. The van der Waals surface area contributed by atoms with E-state index >= 15 is 0 Å². The minimum atomic E-state index is -0.398. The van der Waals surface area contributed by atoms with E-state index in [1.54, 1.807) is 0 Å². The largest absolute Gasteiger partial charge is 0.370 e. The van der Waals surface area contributed by atoms with Gasteiger partial charge in [-0.25, -0.2) is 0 Å². The first-order chi connectivity index (χ1) is 9.95. The van der Waals surface area contributed by atoms with Crippen molar-refractivity contribution >= 4 is 5.91 Å². The minimum Gasteiger partial charge on any atom is -0.370 e. The molecule has 1 unspecified atom stereocenters. The third-order valence-corrected chi connectivity index (χ3v) is 4.69. The SMILES string of the molecule is CC(C)NC(C#N)(CN1CCC(CC(N)=O)CC1)C1CC1. The summed E-state index contributed by atoms with van der Waals surface area (Å²) in [5, 5.41) is 13.3. The molecular formula is C16H28N4O. The van der Waals surface area contributed by atoms with Crippen LogP contribution in [0.2, 0.25) is 0 Å². The average molecular weight is 292 g/mol. The lowest BCUT2D eigenvalue weighted by Gasteiger charge is -2.39. The molecule has 5 nitrogen and oxygen atoms in total. The van der Waals surface area contributed by atoms with Crippen LogP contribution < -0.4 is 11.1 Å². The van der Waals surface area contributed by atoms with Gasteiger partial charge in [-0.15, -0.1) is 0 Å². The Hall–Kier alpha value is -1.12. The maximum absolute atomic E-state index is 11.0. The van der Waals surface area contributed by atoms with E-state index in [4.69, 9.17) is 5.73 Å². The molecule has 1 atom stereocenters. The second-order valence-electron chi connectivity index (χ2n) is 7.05. The van der Waals surface area contributed by atoms with Crippen molar-refractivity contribution in [2.45, 2.75) is 57.5 Å². The monoisotopic (exact) mass is 292 g/mol. The van der Waals surface area contributed by atoms with Gasteiger partial charge in [-0.1, -0.05) is 0 Å². The van der Waals surface area contributed by atoms with Crippen LogP contribution in [0.25, 0.3) is 0 Å². The lowest BCUT2D eigenvalue weighted by molar-refractivity contribution is -0.119. The van der Waals surface area contributed by atoms with Crippen molar-refractivity contribution in [1.29, 1.82) is 5.26 Å². The summed E-state index contributed by atoms with van der Waals surface area (Å²) in [6, 6.07) is 2.89. The number of primary amides is 1. The van der Waals surface area contributed by atoms with E-state index in [-0.39, 0.29) is 5.91 Å². The van der Waals surface area contributed by atoms with Crippen molar-refractivity contribution in [3.8, 4) is 6.07 Å². The Kier molecular flexibility index (Phi) is 5.23. The fourth-order valence-electron chi connectivity index (χ4n) is 3.53. The molecule has 1 saturated heterocycles. The van der Waals surface area contributed by atoms with E-state index in [0.29, 0.717) is 24.3 Å². The summed E-state index contributed by atoms with van der Waals surface area (Å²) in [4.78, 5) is 13.4. The predicted molar refractivity (Wildman–Crippen MR) is 82.3 cm³/mol. The number of carbonyl (C=O) groups is 1. The number of rotatable bonds is 7. The molecule has 0 aromatic carbocycles. The van der Waals surface area contributed by atoms with Crippen LogP contribution in [0.5, 0.6) is 0 Å². The average Bonchev–Trinajstić information content (AvgIpc) is 3.23. The molecule has 5 heteroatoms. The van der Waals surface area contributed by atoms with Crippen LogP contribution in [-0.4, -0.2) is 42.0 Å². The van der Waals surface area contributed by atoms with Gasteiger partial charge in [0.2, 0.25) is 5.91 Å². The Labute approximate surface area is 127 Å². The topological polar surface area (TPSA) is 82.2 Å². The Morgan fingerprint density at radius 1 is 1.38 bits per heavy atom. The minimum absolute atomic E-state index is 0.195. The van der Waals surface area contributed by atoms with Crippen molar-refractivity contribution in [1.82, 2.24) is 10.2 Å². The molecular weight excluding hydrogens is 264 g/mol. The maximum Gasteiger partial charge on any atom is 0.217 e. The maximum atomic E-state index is 11.0. The van der Waals surface area contributed by atoms with Crippen molar-refractivity contribution in [3.63, 3.8) is 0 Å². The third-order valence-electron chi connectivity index (χ3n) is 4.69. The van der Waals surface area contributed by atoms with Gasteiger partial charge in [0.05, 0.1) is 6.07 Å². The number of hydrogen-bond acceptors (Lipinski definition) is 4. The summed E-state index contributed by atoms with van der Waals surface area (Å²) in [7, 11) is 0. The van der Waals surface area contributed by atoms with Crippen LogP contribution in [0, 0.1) is 23.2 Å². The van der Waals surface area contributed by atoms with Crippen LogP contribution in [0.1, 0.15) is 46.0 Å². The van der Waals surface area contributed by atoms with E-state index < -0.39 is 5.54 Å². The quantitative estimate of drug-likeness (QED) is 0.740. The molecule has 0 radical (unpaired) electrons. The number of nitrogens with one attached hydrogen (secondary N) is 1. The zero-order valence-corrected chi connectivity index (χ0v) is 13.3. The number of piperidine rings is 1. The van der Waals surface area contributed by atoms with Crippen molar-refractivity contribution in [2.75, 3.05) is 19.6 Å². The number of nitrogens with two attached hydrogens (primary N) is 1. The molecule has 1 saturated carbocycles. The highest BCUT2D eigenvalue weighted by molar-refractivity contribution is 5.73. The lowest BCUT2D eigenvalue weighted by atomic mass is 9.89. The molecule has 0 spiro atoms. The van der Waals surface area contributed by atoms with Gasteiger partial charge in [-0.2, -0.15) is 5.26 Å². The summed E-state index contributed by atoms with van der Waals surface area (Å²) < 4.78 is 0. The van der Waals surface area contributed by atoms with Gasteiger partial charge in [0.25, 0.3) is 0 Å². The van der Waals surface area contributed by atoms with Crippen LogP contribution in [0.15, 0.2) is 0 Å². The van der Waals surface area contributed by atoms with Crippen molar-refractivity contribution < 1.29 is 4.79 Å². The van der Waals surface area contributed by atoms with Gasteiger partial charge in [0.15, 0.2) is 0 Å². The number of amides is 1. The van der Waals surface area contributed by atoms with Crippen LogP contribution in [-0.2, 0) is 4.79 Å². The normalized spacial score (nSPS) is 23.7. The smallest absolute Gasteiger partial charge is 0.217 e. The summed E-state index contributed by atoms with van der Waals surface area (Å²) in [5.41, 5.74) is 4.88. The molecule has 1 aliphatic heterocycles. The molecule has 0 bridgehead atoms. The standard InChI is InChI=1S/C16H28N4O/c1-12(2)19-16(10-17,14-3-4-14)11-20-7-5-13(6-8-20)9-15(18)21/h12-14,19H,3-9,11H2,1-2H3,(H2,18,21). The fourth-order valence-corrected chi connectivity index (χ4v) is 3.53. The fraction of sp³-hybridized carbons (Fsp3) is 0.875. The Balaban J connectivity index is 1.90. The molecule has 1 aliphatic carbocycles. The predicted octanol–water partition coefficient (Wildman–Crippen LogP) is 1.24.